The number of hydrogen-bond acceptors (Lipinski definition) is 2. The third-order valence-corrected chi connectivity index (χ3v) is 2.09. The molecule has 18 heavy (non-hydrogen) atoms. The summed E-state index contributed by atoms with van der Waals surface area (Å²) in [5.74, 6) is -1.76. The molecule has 0 radical (unpaired) electrons. The van der Waals surface area contributed by atoms with Crippen molar-refractivity contribution in [3.8, 4) is 0 Å². The van der Waals surface area contributed by atoms with Gasteiger partial charge in [0.15, 0.2) is 0 Å². The van der Waals surface area contributed by atoms with E-state index in [0.29, 0.717) is 0 Å². The van der Waals surface area contributed by atoms with Crippen LogP contribution < -0.4 is 5.32 Å². The number of anilines is 1. The molecule has 7 heteroatoms. The molecule has 2 N–H and O–H groups in total. The fraction of sp³-hybridized carbons (Fsp3) is 0.273. The fourth-order valence-corrected chi connectivity index (χ4v) is 1.38. The zero-order valence-corrected chi connectivity index (χ0v) is 9.34. The van der Waals surface area contributed by atoms with Crippen molar-refractivity contribution in [3.05, 3.63) is 29.3 Å². The van der Waals surface area contributed by atoms with Gasteiger partial charge in [0.05, 0.1) is 12.0 Å². The molecule has 0 saturated carbocycles. The molecule has 1 rings (SSSR count). The van der Waals surface area contributed by atoms with E-state index >= 15 is 0 Å². The Kier molecular flexibility index (Phi) is 3.95. The molecule has 0 spiro atoms. The maximum atomic E-state index is 12.5. The average molecular weight is 261 g/mol. The highest BCUT2D eigenvalue weighted by Gasteiger charge is 2.31. The molecule has 1 aromatic rings. The SMILES string of the molecule is CC(=O)Nc1cc(C(F)(F)F)ccc1CC(=O)O. The van der Waals surface area contributed by atoms with Crippen molar-refractivity contribution >= 4 is 17.6 Å². The van der Waals surface area contributed by atoms with Crippen LogP contribution in [0.15, 0.2) is 18.2 Å². The van der Waals surface area contributed by atoms with E-state index in [1.165, 1.54) is 0 Å². The highest BCUT2D eigenvalue weighted by Crippen LogP contribution is 2.32. The molecule has 0 aliphatic carbocycles. The molecule has 0 heterocycles. The number of hydrogen-bond donors (Lipinski definition) is 2. The number of benzene rings is 1. The summed E-state index contributed by atoms with van der Waals surface area (Å²) in [4.78, 5) is 21.4. The van der Waals surface area contributed by atoms with Gasteiger partial charge >= 0.3 is 12.1 Å². The third kappa shape index (κ3) is 3.76. The van der Waals surface area contributed by atoms with Crippen molar-refractivity contribution < 1.29 is 27.9 Å². The largest absolute Gasteiger partial charge is 0.481 e. The molecule has 1 aromatic carbocycles. The molecule has 0 saturated heterocycles. The number of nitrogens with one attached hydrogen (secondary N) is 1. The van der Waals surface area contributed by atoms with E-state index in [2.05, 4.69) is 5.32 Å². The standard InChI is InChI=1S/C11H10F3NO3/c1-6(16)15-9-5-8(11(12,13)14)3-2-7(9)4-10(17)18/h2-3,5H,4H2,1H3,(H,15,16)(H,17,18). The molecule has 0 fully saturated rings. The topological polar surface area (TPSA) is 66.4 Å². The Hall–Kier alpha value is -2.05. The predicted molar refractivity (Wildman–Crippen MR) is 57.1 cm³/mol. The summed E-state index contributed by atoms with van der Waals surface area (Å²) in [6.45, 7) is 1.13. The summed E-state index contributed by atoms with van der Waals surface area (Å²) in [6, 6.07) is 2.55. The molecule has 98 valence electrons. The number of carbonyl (C=O) groups is 2. The number of rotatable bonds is 3. The van der Waals surface area contributed by atoms with Crippen LogP contribution in [0.1, 0.15) is 18.1 Å². The fourth-order valence-electron chi connectivity index (χ4n) is 1.38. The van der Waals surface area contributed by atoms with Gasteiger partial charge in [0.25, 0.3) is 0 Å². The molecule has 0 atom stereocenters. The lowest BCUT2D eigenvalue weighted by Crippen LogP contribution is -2.13. The van der Waals surface area contributed by atoms with Crippen molar-refractivity contribution in [2.75, 3.05) is 5.32 Å². The Bertz CT molecular complexity index is 483. The van der Waals surface area contributed by atoms with Crippen LogP contribution in [0.25, 0.3) is 0 Å². The second-order valence-corrected chi connectivity index (χ2v) is 3.62. The Morgan fingerprint density at radius 1 is 1.33 bits per heavy atom. The van der Waals surface area contributed by atoms with E-state index in [0.717, 1.165) is 25.1 Å². The lowest BCUT2D eigenvalue weighted by molar-refractivity contribution is -0.137. The number of halogens is 3. The number of carboxylic acid groups (broad SMARTS) is 1. The number of amides is 1. The van der Waals surface area contributed by atoms with Crippen LogP contribution in [-0.4, -0.2) is 17.0 Å². The number of aliphatic carboxylic acids is 1. The minimum Gasteiger partial charge on any atom is -0.481 e. The summed E-state index contributed by atoms with van der Waals surface area (Å²) < 4.78 is 37.4. The van der Waals surface area contributed by atoms with E-state index in [1.54, 1.807) is 0 Å². The Morgan fingerprint density at radius 2 is 1.94 bits per heavy atom. The van der Waals surface area contributed by atoms with Gasteiger partial charge < -0.3 is 10.4 Å². The zero-order chi connectivity index (χ0) is 13.9. The summed E-state index contributed by atoms with van der Waals surface area (Å²) >= 11 is 0. The second-order valence-electron chi connectivity index (χ2n) is 3.62. The van der Waals surface area contributed by atoms with Crippen LogP contribution >= 0.6 is 0 Å². The van der Waals surface area contributed by atoms with Crippen molar-refractivity contribution in [2.45, 2.75) is 19.5 Å². The summed E-state index contributed by atoms with van der Waals surface area (Å²) in [6.07, 6.45) is -5.01. The van der Waals surface area contributed by atoms with Gasteiger partial charge in [0.1, 0.15) is 0 Å². The van der Waals surface area contributed by atoms with Crippen LogP contribution in [0.4, 0.5) is 18.9 Å². The van der Waals surface area contributed by atoms with Crippen molar-refractivity contribution in [3.63, 3.8) is 0 Å². The van der Waals surface area contributed by atoms with Gasteiger partial charge in [-0.1, -0.05) is 6.07 Å². The second kappa shape index (κ2) is 5.07. The molecular weight excluding hydrogens is 251 g/mol. The highest BCUT2D eigenvalue weighted by molar-refractivity contribution is 5.90. The Labute approximate surface area is 100 Å². The van der Waals surface area contributed by atoms with E-state index in [-0.39, 0.29) is 11.3 Å². The normalized spacial score (nSPS) is 11.1. The minimum atomic E-state index is -4.55. The Balaban J connectivity index is 3.20. The van der Waals surface area contributed by atoms with Gasteiger partial charge in [-0.3, -0.25) is 9.59 Å². The van der Waals surface area contributed by atoms with Crippen LogP contribution in [-0.2, 0) is 22.2 Å². The van der Waals surface area contributed by atoms with Crippen LogP contribution in [0, 0.1) is 0 Å². The van der Waals surface area contributed by atoms with E-state index in [4.69, 9.17) is 5.11 Å². The summed E-state index contributed by atoms with van der Waals surface area (Å²) in [7, 11) is 0. The van der Waals surface area contributed by atoms with Gasteiger partial charge in [-0.25, -0.2) is 0 Å². The van der Waals surface area contributed by atoms with Crippen LogP contribution in [0.2, 0.25) is 0 Å². The Morgan fingerprint density at radius 3 is 2.39 bits per heavy atom. The molecule has 0 aliphatic heterocycles. The molecule has 0 unspecified atom stereocenters. The predicted octanol–water partition coefficient (Wildman–Crippen LogP) is 2.29. The van der Waals surface area contributed by atoms with Gasteiger partial charge in [-0.05, 0) is 17.7 Å². The van der Waals surface area contributed by atoms with Crippen molar-refractivity contribution in [2.24, 2.45) is 0 Å². The number of alkyl halides is 3. The first-order valence-corrected chi connectivity index (χ1v) is 4.89. The van der Waals surface area contributed by atoms with E-state index in [9.17, 15) is 22.8 Å². The van der Waals surface area contributed by atoms with Gasteiger partial charge in [0.2, 0.25) is 5.91 Å². The molecule has 0 aromatic heterocycles. The monoisotopic (exact) mass is 261 g/mol. The van der Waals surface area contributed by atoms with Gasteiger partial charge in [-0.2, -0.15) is 13.2 Å². The summed E-state index contributed by atoms with van der Waals surface area (Å²) in [5, 5.41) is 10.8. The summed E-state index contributed by atoms with van der Waals surface area (Å²) in [5.41, 5.74) is -0.967. The third-order valence-electron chi connectivity index (χ3n) is 2.09. The first-order valence-electron chi connectivity index (χ1n) is 4.89. The van der Waals surface area contributed by atoms with Crippen molar-refractivity contribution in [1.29, 1.82) is 0 Å². The smallest absolute Gasteiger partial charge is 0.416 e. The quantitative estimate of drug-likeness (QED) is 0.877. The molecule has 0 aliphatic rings. The van der Waals surface area contributed by atoms with Crippen molar-refractivity contribution in [1.82, 2.24) is 0 Å². The molecule has 0 bridgehead atoms. The number of carboxylic acids is 1. The van der Waals surface area contributed by atoms with Gasteiger partial charge in [-0.15, -0.1) is 0 Å². The van der Waals surface area contributed by atoms with E-state index in [1.807, 2.05) is 0 Å². The molecular formula is C11H10F3NO3. The van der Waals surface area contributed by atoms with Gasteiger partial charge in [0, 0.05) is 12.6 Å². The molecule has 4 nitrogen and oxygen atoms in total. The average Bonchev–Trinajstić information content (AvgIpc) is 2.17. The zero-order valence-electron chi connectivity index (χ0n) is 9.34. The van der Waals surface area contributed by atoms with Crippen LogP contribution in [0.5, 0.6) is 0 Å². The maximum absolute atomic E-state index is 12.5. The highest BCUT2D eigenvalue weighted by atomic mass is 19.4. The minimum absolute atomic E-state index is 0.116. The number of carbonyl (C=O) groups excluding carboxylic acids is 1. The van der Waals surface area contributed by atoms with E-state index < -0.39 is 30.0 Å². The lowest BCUT2D eigenvalue weighted by Gasteiger charge is -2.12. The maximum Gasteiger partial charge on any atom is 0.416 e. The van der Waals surface area contributed by atoms with Crippen LogP contribution in [0.3, 0.4) is 0 Å². The molecule has 1 amide bonds. The first kappa shape index (κ1) is 14.0. The first-order chi connectivity index (χ1) is 8.20. The lowest BCUT2D eigenvalue weighted by atomic mass is 10.1.